The Labute approximate surface area is 169 Å². The minimum absolute atomic E-state index is 0.0813. The average molecular weight is 384 g/mol. The molecule has 5 nitrogen and oxygen atoms in total. The number of hydrogen-bond acceptors (Lipinski definition) is 5. The smallest absolute Gasteiger partial charge is 0.232 e. The molecule has 0 bridgehead atoms. The van der Waals surface area contributed by atoms with E-state index in [9.17, 15) is 0 Å². The first-order chi connectivity index (χ1) is 14.3. The summed E-state index contributed by atoms with van der Waals surface area (Å²) in [6.45, 7) is 0.225. The first kappa shape index (κ1) is 17.4. The van der Waals surface area contributed by atoms with Crippen molar-refractivity contribution in [1.82, 2.24) is 5.32 Å². The van der Waals surface area contributed by atoms with Gasteiger partial charge >= 0.3 is 0 Å². The molecule has 0 aliphatic carbocycles. The van der Waals surface area contributed by atoms with Crippen molar-refractivity contribution in [3.8, 4) is 16.9 Å². The lowest BCUT2D eigenvalue weighted by Crippen LogP contribution is -2.22. The topological polar surface area (TPSA) is 52.1 Å². The van der Waals surface area contributed by atoms with Crippen molar-refractivity contribution in [3.05, 3.63) is 102 Å². The largest absolute Gasteiger partial charge is 0.497 e. The van der Waals surface area contributed by atoms with Crippen molar-refractivity contribution in [3.63, 3.8) is 0 Å². The summed E-state index contributed by atoms with van der Waals surface area (Å²) >= 11 is 0. The molecule has 1 unspecified atom stereocenters. The third-order valence-corrected chi connectivity index (χ3v) is 5.09. The van der Waals surface area contributed by atoms with Gasteiger partial charge < -0.3 is 19.5 Å². The summed E-state index contributed by atoms with van der Waals surface area (Å²) in [5, 5.41) is 3.24. The zero-order valence-electron chi connectivity index (χ0n) is 16.0. The van der Waals surface area contributed by atoms with Crippen LogP contribution in [-0.4, -0.2) is 19.7 Å². The number of hydrogen-bond donors (Lipinski definition) is 1. The highest BCUT2D eigenvalue weighted by molar-refractivity contribution is 6.03. The molecular formula is C24H20N2O3. The summed E-state index contributed by atoms with van der Waals surface area (Å²) in [5.41, 5.74) is 5.61. The van der Waals surface area contributed by atoms with E-state index in [1.54, 1.807) is 13.4 Å². The Balaban J connectivity index is 1.52. The Morgan fingerprint density at radius 1 is 0.966 bits per heavy atom. The molecule has 3 aromatic carbocycles. The van der Waals surface area contributed by atoms with Gasteiger partial charge in [-0.15, -0.1) is 0 Å². The Kier molecular flexibility index (Phi) is 4.41. The van der Waals surface area contributed by atoms with Gasteiger partial charge in [0.25, 0.3) is 0 Å². The third-order valence-electron chi connectivity index (χ3n) is 5.09. The van der Waals surface area contributed by atoms with E-state index in [2.05, 4.69) is 47.8 Å². The van der Waals surface area contributed by atoms with Crippen molar-refractivity contribution < 1.29 is 14.2 Å². The highest BCUT2D eigenvalue weighted by Crippen LogP contribution is 2.36. The molecule has 144 valence electrons. The minimum Gasteiger partial charge on any atom is -0.497 e. The predicted octanol–water partition coefficient (Wildman–Crippen LogP) is 4.60. The average Bonchev–Trinajstić information content (AvgIpc) is 3.43. The Morgan fingerprint density at radius 3 is 2.62 bits per heavy atom. The molecule has 29 heavy (non-hydrogen) atoms. The normalized spacial score (nSPS) is 16.9. The van der Waals surface area contributed by atoms with Gasteiger partial charge in [-0.25, -0.2) is 0 Å². The molecule has 3 aromatic rings. The monoisotopic (exact) mass is 384 g/mol. The molecule has 0 fully saturated rings. The van der Waals surface area contributed by atoms with Gasteiger partial charge in [0.05, 0.1) is 7.11 Å². The molecule has 0 saturated heterocycles. The molecule has 0 saturated carbocycles. The lowest BCUT2D eigenvalue weighted by Gasteiger charge is -2.12. The molecule has 0 spiro atoms. The maximum atomic E-state index is 5.40. The zero-order valence-corrected chi connectivity index (χ0v) is 16.0. The van der Waals surface area contributed by atoms with Gasteiger partial charge in [-0.2, -0.15) is 0 Å². The summed E-state index contributed by atoms with van der Waals surface area (Å²) in [6, 6.07) is 24.8. The maximum absolute atomic E-state index is 5.40. The lowest BCUT2D eigenvalue weighted by atomic mass is 9.94. The van der Waals surface area contributed by atoms with Crippen LogP contribution in [0.5, 0.6) is 5.75 Å². The fourth-order valence-electron chi connectivity index (χ4n) is 3.69. The number of ether oxygens (including phenoxy) is 3. The molecule has 0 amide bonds. The summed E-state index contributed by atoms with van der Waals surface area (Å²) in [6.07, 6.45) is 1.57. The van der Waals surface area contributed by atoms with E-state index >= 15 is 0 Å². The zero-order chi connectivity index (χ0) is 19.6. The number of nitrogens with one attached hydrogen (secondary N) is 1. The van der Waals surface area contributed by atoms with Gasteiger partial charge in [0.2, 0.25) is 12.7 Å². The standard InChI is InChI=1S/C24H20N2O3/c1-27-19-9-5-7-17(13-19)16-6-4-8-18(12-16)23-20-10-2-3-11-21(20)24(26-23)25-22-14-28-15-29-22/h2-14,23H,15H2,1H3,(H,25,26). The summed E-state index contributed by atoms with van der Waals surface area (Å²) in [4.78, 5) is 4.96. The first-order valence-electron chi connectivity index (χ1n) is 9.45. The number of methoxy groups -OCH3 is 1. The molecular weight excluding hydrogens is 364 g/mol. The highest BCUT2D eigenvalue weighted by atomic mass is 16.7. The molecule has 2 aliphatic heterocycles. The van der Waals surface area contributed by atoms with Crippen LogP contribution in [0.3, 0.4) is 0 Å². The summed E-state index contributed by atoms with van der Waals surface area (Å²) in [5.74, 6) is 2.20. The summed E-state index contributed by atoms with van der Waals surface area (Å²) < 4.78 is 15.9. The molecule has 1 N–H and O–H groups in total. The number of fused-ring (bicyclic) bond motifs is 1. The molecule has 2 heterocycles. The van der Waals surface area contributed by atoms with E-state index < -0.39 is 0 Å². The number of rotatable bonds is 4. The second-order valence-corrected chi connectivity index (χ2v) is 6.86. The number of benzene rings is 3. The third kappa shape index (κ3) is 3.31. The number of aliphatic imine (C=N–C) groups is 1. The highest BCUT2D eigenvalue weighted by Gasteiger charge is 2.27. The predicted molar refractivity (Wildman–Crippen MR) is 112 cm³/mol. The van der Waals surface area contributed by atoms with Gasteiger partial charge in [-0.05, 0) is 40.5 Å². The quantitative estimate of drug-likeness (QED) is 0.714. The second kappa shape index (κ2) is 7.36. The van der Waals surface area contributed by atoms with Crippen molar-refractivity contribution in [2.75, 3.05) is 13.9 Å². The fourth-order valence-corrected chi connectivity index (χ4v) is 3.69. The van der Waals surface area contributed by atoms with Gasteiger partial charge in [-0.1, -0.05) is 54.6 Å². The van der Waals surface area contributed by atoms with Crippen molar-refractivity contribution in [2.24, 2.45) is 4.99 Å². The summed E-state index contributed by atoms with van der Waals surface area (Å²) in [7, 11) is 1.68. The number of nitrogens with zero attached hydrogens (tertiary/aromatic N) is 1. The van der Waals surface area contributed by atoms with Crippen molar-refractivity contribution in [2.45, 2.75) is 6.04 Å². The lowest BCUT2D eigenvalue weighted by molar-refractivity contribution is 0.0772. The van der Waals surface area contributed by atoms with Crippen molar-refractivity contribution >= 4 is 5.84 Å². The van der Waals surface area contributed by atoms with Gasteiger partial charge in [0.15, 0.2) is 0 Å². The van der Waals surface area contributed by atoms with E-state index in [-0.39, 0.29) is 12.8 Å². The van der Waals surface area contributed by atoms with Crippen LogP contribution in [0, 0.1) is 0 Å². The fraction of sp³-hybridized carbons (Fsp3) is 0.125. The van der Waals surface area contributed by atoms with Crippen LogP contribution in [0.4, 0.5) is 0 Å². The molecule has 0 radical (unpaired) electrons. The molecule has 5 heteroatoms. The van der Waals surface area contributed by atoms with Crippen LogP contribution in [0.25, 0.3) is 11.1 Å². The van der Waals surface area contributed by atoms with Crippen LogP contribution >= 0.6 is 0 Å². The van der Waals surface area contributed by atoms with Gasteiger partial charge in [0, 0.05) is 5.56 Å². The van der Waals surface area contributed by atoms with E-state index in [0.717, 1.165) is 39.4 Å². The van der Waals surface area contributed by atoms with Gasteiger partial charge in [0.1, 0.15) is 23.9 Å². The maximum Gasteiger partial charge on any atom is 0.232 e. The molecule has 5 rings (SSSR count). The van der Waals surface area contributed by atoms with Crippen LogP contribution < -0.4 is 10.1 Å². The molecule has 1 atom stereocenters. The Morgan fingerprint density at radius 2 is 1.79 bits per heavy atom. The number of amidine groups is 1. The molecule has 0 aromatic heterocycles. The van der Waals surface area contributed by atoms with Gasteiger partial charge in [-0.3, -0.25) is 4.99 Å². The van der Waals surface area contributed by atoms with E-state index in [4.69, 9.17) is 19.2 Å². The Hall–Kier alpha value is -3.73. The van der Waals surface area contributed by atoms with Crippen LogP contribution in [-0.2, 0) is 9.47 Å². The Bertz CT molecular complexity index is 1120. The van der Waals surface area contributed by atoms with Crippen LogP contribution in [0.1, 0.15) is 22.7 Å². The van der Waals surface area contributed by atoms with E-state index in [1.807, 2.05) is 30.3 Å². The van der Waals surface area contributed by atoms with Crippen molar-refractivity contribution in [1.29, 1.82) is 0 Å². The van der Waals surface area contributed by atoms with E-state index in [1.165, 1.54) is 0 Å². The van der Waals surface area contributed by atoms with Crippen LogP contribution in [0.15, 0.2) is 89.9 Å². The SMILES string of the molecule is COc1cccc(-c2cccc(C3N=C(NC4=COCO4)c4ccccc43)c2)c1. The first-order valence-corrected chi connectivity index (χ1v) is 9.45. The van der Waals surface area contributed by atoms with E-state index in [0.29, 0.717) is 5.88 Å². The minimum atomic E-state index is -0.0813. The second-order valence-electron chi connectivity index (χ2n) is 6.86. The molecule has 2 aliphatic rings. The van der Waals surface area contributed by atoms with Crippen LogP contribution in [0.2, 0.25) is 0 Å².